The minimum atomic E-state index is -0.300. The summed E-state index contributed by atoms with van der Waals surface area (Å²) in [7, 11) is 1.61. The third-order valence-corrected chi connectivity index (χ3v) is 3.67. The summed E-state index contributed by atoms with van der Waals surface area (Å²) in [6, 6.07) is 7.35. The molecular formula is C15H22N4O2. The van der Waals surface area contributed by atoms with Gasteiger partial charge in [0.2, 0.25) is 11.8 Å². The van der Waals surface area contributed by atoms with E-state index < -0.39 is 0 Å². The second-order valence-corrected chi connectivity index (χ2v) is 5.17. The largest absolute Gasteiger partial charge is 0.358 e. The van der Waals surface area contributed by atoms with Crippen LogP contribution in [0.15, 0.2) is 24.3 Å². The molecule has 0 aromatic heterocycles. The number of piperazine rings is 1. The fourth-order valence-corrected chi connectivity index (χ4v) is 2.45. The van der Waals surface area contributed by atoms with E-state index in [1.807, 2.05) is 36.1 Å². The summed E-state index contributed by atoms with van der Waals surface area (Å²) >= 11 is 0. The summed E-state index contributed by atoms with van der Waals surface area (Å²) in [5, 5.41) is 8.72. The van der Waals surface area contributed by atoms with Gasteiger partial charge in [-0.2, -0.15) is 0 Å². The molecule has 1 heterocycles. The molecule has 6 heteroatoms. The third kappa shape index (κ3) is 4.03. The number of nitrogens with one attached hydrogen (secondary N) is 3. The number of para-hydroxylation sites is 1. The number of rotatable bonds is 4. The fourth-order valence-electron chi connectivity index (χ4n) is 2.45. The number of benzene rings is 1. The number of aryl methyl sites for hydroxylation is 1. The van der Waals surface area contributed by atoms with Crippen molar-refractivity contribution >= 4 is 17.5 Å². The van der Waals surface area contributed by atoms with Gasteiger partial charge in [0.1, 0.15) is 6.04 Å². The van der Waals surface area contributed by atoms with E-state index in [9.17, 15) is 9.59 Å². The van der Waals surface area contributed by atoms with E-state index >= 15 is 0 Å². The Kier molecular flexibility index (Phi) is 5.30. The SMILES string of the molecule is CNC(=O)C1CNCCN1CC(=O)Nc1ccccc1C. The zero-order valence-corrected chi connectivity index (χ0v) is 12.5. The van der Waals surface area contributed by atoms with Crippen molar-refractivity contribution < 1.29 is 9.59 Å². The Morgan fingerprint density at radius 2 is 2.14 bits per heavy atom. The van der Waals surface area contributed by atoms with Gasteiger partial charge in [0.15, 0.2) is 0 Å². The predicted octanol–water partition coefficient (Wildman–Crippen LogP) is -0.0467. The molecule has 0 aliphatic carbocycles. The normalized spacial score (nSPS) is 19.0. The molecule has 1 saturated heterocycles. The van der Waals surface area contributed by atoms with Crippen LogP contribution >= 0.6 is 0 Å². The van der Waals surface area contributed by atoms with Crippen molar-refractivity contribution in [2.24, 2.45) is 0 Å². The van der Waals surface area contributed by atoms with Crippen LogP contribution in [0, 0.1) is 6.92 Å². The Morgan fingerprint density at radius 3 is 2.86 bits per heavy atom. The molecule has 0 saturated carbocycles. The average molecular weight is 290 g/mol. The zero-order valence-electron chi connectivity index (χ0n) is 12.5. The molecule has 6 nitrogen and oxygen atoms in total. The van der Waals surface area contributed by atoms with E-state index in [0.717, 1.165) is 17.8 Å². The van der Waals surface area contributed by atoms with Gasteiger partial charge in [0, 0.05) is 32.4 Å². The molecular weight excluding hydrogens is 268 g/mol. The predicted molar refractivity (Wildman–Crippen MR) is 82.1 cm³/mol. The molecule has 1 aliphatic heterocycles. The van der Waals surface area contributed by atoms with Gasteiger partial charge < -0.3 is 16.0 Å². The van der Waals surface area contributed by atoms with E-state index in [2.05, 4.69) is 16.0 Å². The number of hydrogen-bond acceptors (Lipinski definition) is 4. The molecule has 1 aromatic carbocycles. The average Bonchev–Trinajstić information content (AvgIpc) is 2.49. The molecule has 1 atom stereocenters. The summed E-state index contributed by atoms with van der Waals surface area (Å²) in [4.78, 5) is 25.9. The van der Waals surface area contributed by atoms with Crippen molar-refractivity contribution in [2.45, 2.75) is 13.0 Å². The molecule has 1 fully saturated rings. The topological polar surface area (TPSA) is 73.5 Å². The maximum absolute atomic E-state index is 12.2. The van der Waals surface area contributed by atoms with Gasteiger partial charge in [-0.25, -0.2) is 0 Å². The summed E-state index contributed by atoms with van der Waals surface area (Å²) in [5.41, 5.74) is 1.84. The number of carbonyl (C=O) groups is 2. The highest BCUT2D eigenvalue weighted by atomic mass is 16.2. The lowest BCUT2D eigenvalue weighted by molar-refractivity contribution is -0.128. The third-order valence-electron chi connectivity index (χ3n) is 3.67. The van der Waals surface area contributed by atoms with Gasteiger partial charge in [-0.05, 0) is 18.6 Å². The highest BCUT2D eigenvalue weighted by molar-refractivity contribution is 5.93. The van der Waals surface area contributed by atoms with Crippen LogP contribution in [0.25, 0.3) is 0 Å². The summed E-state index contributed by atoms with van der Waals surface area (Å²) in [5.74, 6) is -0.161. The molecule has 2 amide bonds. The summed E-state index contributed by atoms with van der Waals surface area (Å²) in [6.45, 7) is 4.20. The van der Waals surface area contributed by atoms with Gasteiger partial charge in [0.05, 0.1) is 6.54 Å². The van der Waals surface area contributed by atoms with Crippen molar-refractivity contribution in [2.75, 3.05) is 38.5 Å². The van der Waals surface area contributed by atoms with E-state index in [1.165, 1.54) is 0 Å². The minimum absolute atomic E-state index is 0.0640. The lowest BCUT2D eigenvalue weighted by Gasteiger charge is -2.34. The molecule has 0 spiro atoms. The number of hydrogen-bond donors (Lipinski definition) is 3. The number of carbonyl (C=O) groups excluding carboxylic acids is 2. The molecule has 2 rings (SSSR count). The minimum Gasteiger partial charge on any atom is -0.358 e. The Bertz CT molecular complexity index is 518. The monoisotopic (exact) mass is 290 g/mol. The highest BCUT2D eigenvalue weighted by Crippen LogP contribution is 2.13. The first kappa shape index (κ1) is 15.5. The van der Waals surface area contributed by atoms with Crippen LogP contribution in [0.1, 0.15) is 5.56 Å². The van der Waals surface area contributed by atoms with Gasteiger partial charge in [0.25, 0.3) is 0 Å². The highest BCUT2D eigenvalue weighted by Gasteiger charge is 2.29. The maximum Gasteiger partial charge on any atom is 0.238 e. The molecule has 0 radical (unpaired) electrons. The number of likely N-dealkylation sites (N-methyl/N-ethyl adjacent to an activating group) is 1. The zero-order chi connectivity index (χ0) is 15.2. The van der Waals surface area contributed by atoms with Gasteiger partial charge in [-0.1, -0.05) is 18.2 Å². The lowest BCUT2D eigenvalue weighted by atomic mass is 10.1. The molecule has 0 bridgehead atoms. The van der Waals surface area contributed by atoms with Crippen LogP contribution in [0.2, 0.25) is 0 Å². The van der Waals surface area contributed by atoms with Crippen LogP contribution < -0.4 is 16.0 Å². The van der Waals surface area contributed by atoms with E-state index in [4.69, 9.17) is 0 Å². The second-order valence-electron chi connectivity index (χ2n) is 5.17. The first-order valence-electron chi connectivity index (χ1n) is 7.13. The van der Waals surface area contributed by atoms with Crippen LogP contribution in [-0.4, -0.2) is 56.0 Å². The van der Waals surface area contributed by atoms with Gasteiger partial charge in [-0.3, -0.25) is 14.5 Å². The molecule has 1 aliphatic rings. The Hall–Kier alpha value is -1.92. The van der Waals surface area contributed by atoms with Crippen molar-refractivity contribution in [1.82, 2.24) is 15.5 Å². The number of amides is 2. The standard InChI is InChI=1S/C15H22N4O2/c1-11-5-3-4-6-12(11)18-14(20)10-19-8-7-17-9-13(19)15(21)16-2/h3-6,13,17H,7-10H2,1-2H3,(H,16,21)(H,18,20). The molecule has 1 unspecified atom stereocenters. The van der Waals surface area contributed by atoms with E-state index in [-0.39, 0.29) is 24.4 Å². The Labute approximate surface area is 124 Å². The van der Waals surface area contributed by atoms with E-state index in [1.54, 1.807) is 7.05 Å². The Morgan fingerprint density at radius 1 is 1.38 bits per heavy atom. The van der Waals surface area contributed by atoms with Crippen LogP contribution in [0.4, 0.5) is 5.69 Å². The van der Waals surface area contributed by atoms with Crippen molar-refractivity contribution in [1.29, 1.82) is 0 Å². The van der Waals surface area contributed by atoms with Gasteiger partial charge >= 0.3 is 0 Å². The Balaban J connectivity index is 1.97. The first-order valence-corrected chi connectivity index (χ1v) is 7.13. The van der Waals surface area contributed by atoms with Crippen molar-refractivity contribution in [3.05, 3.63) is 29.8 Å². The van der Waals surface area contributed by atoms with Gasteiger partial charge in [-0.15, -0.1) is 0 Å². The summed E-state index contributed by atoms with van der Waals surface area (Å²) in [6.07, 6.45) is 0. The summed E-state index contributed by atoms with van der Waals surface area (Å²) < 4.78 is 0. The van der Waals surface area contributed by atoms with Crippen LogP contribution in [-0.2, 0) is 9.59 Å². The number of nitrogens with zero attached hydrogens (tertiary/aromatic N) is 1. The smallest absolute Gasteiger partial charge is 0.238 e. The van der Waals surface area contributed by atoms with Crippen LogP contribution in [0.5, 0.6) is 0 Å². The molecule has 3 N–H and O–H groups in total. The first-order chi connectivity index (χ1) is 10.1. The quantitative estimate of drug-likeness (QED) is 0.727. The number of anilines is 1. The molecule has 21 heavy (non-hydrogen) atoms. The van der Waals surface area contributed by atoms with Crippen molar-refractivity contribution in [3.63, 3.8) is 0 Å². The second kappa shape index (κ2) is 7.19. The van der Waals surface area contributed by atoms with E-state index in [0.29, 0.717) is 13.1 Å². The van der Waals surface area contributed by atoms with Crippen LogP contribution in [0.3, 0.4) is 0 Å². The maximum atomic E-state index is 12.2. The molecule has 1 aromatic rings. The fraction of sp³-hybridized carbons (Fsp3) is 0.467. The lowest BCUT2D eigenvalue weighted by Crippen LogP contribution is -2.58. The van der Waals surface area contributed by atoms with Crippen molar-refractivity contribution in [3.8, 4) is 0 Å². The molecule has 114 valence electrons.